The van der Waals surface area contributed by atoms with Gasteiger partial charge in [-0.2, -0.15) is 0 Å². The van der Waals surface area contributed by atoms with E-state index in [1.165, 1.54) is 11.1 Å². The molecule has 0 bridgehead atoms. The van der Waals surface area contributed by atoms with Crippen molar-refractivity contribution in [2.24, 2.45) is 0 Å². The number of benzene rings is 1. The van der Waals surface area contributed by atoms with Gasteiger partial charge in [0, 0.05) is 53.9 Å². The zero-order chi connectivity index (χ0) is 26.9. The Morgan fingerprint density at radius 1 is 1.05 bits per heavy atom. The van der Waals surface area contributed by atoms with Crippen LogP contribution in [0.3, 0.4) is 0 Å². The maximum atomic E-state index is 13.2. The summed E-state index contributed by atoms with van der Waals surface area (Å²) in [6.45, 7) is 7.90. The summed E-state index contributed by atoms with van der Waals surface area (Å²) >= 11 is 0. The van der Waals surface area contributed by atoms with Gasteiger partial charge in [0.1, 0.15) is 11.4 Å². The summed E-state index contributed by atoms with van der Waals surface area (Å²) < 4.78 is 12.4. The van der Waals surface area contributed by atoms with Gasteiger partial charge in [0.05, 0.1) is 6.04 Å². The lowest BCUT2D eigenvalue weighted by atomic mass is 9.83. The van der Waals surface area contributed by atoms with Gasteiger partial charge in [0.25, 0.3) is 0 Å². The number of ether oxygens (including phenoxy) is 2. The fourth-order valence-corrected chi connectivity index (χ4v) is 5.51. The van der Waals surface area contributed by atoms with E-state index < -0.39 is 5.60 Å². The van der Waals surface area contributed by atoms with Gasteiger partial charge < -0.3 is 20.1 Å². The molecule has 5 rings (SSSR count). The number of pyridine rings is 2. The van der Waals surface area contributed by atoms with Crippen molar-refractivity contribution >= 4 is 11.9 Å². The van der Waals surface area contributed by atoms with Crippen LogP contribution in [0.5, 0.6) is 0 Å². The van der Waals surface area contributed by atoms with Crippen molar-refractivity contribution in [2.45, 2.75) is 64.0 Å². The summed E-state index contributed by atoms with van der Waals surface area (Å²) in [5.74, 6) is 0.818. The molecule has 2 aliphatic rings. The van der Waals surface area contributed by atoms with E-state index in [4.69, 9.17) is 15.2 Å². The molecule has 38 heavy (non-hydrogen) atoms. The molecule has 8 heteroatoms. The van der Waals surface area contributed by atoms with Crippen LogP contribution in [-0.4, -0.2) is 46.5 Å². The fraction of sp³-hybridized carbons (Fsp3) is 0.433. The highest BCUT2D eigenvalue weighted by atomic mass is 16.6. The summed E-state index contributed by atoms with van der Waals surface area (Å²) in [7, 11) is 0. The van der Waals surface area contributed by atoms with Crippen LogP contribution in [0.15, 0.2) is 55.0 Å². The Labute approximate surface area is 224 Å². The Morgan fingerprint density at radius 3 is 2.50 bits per heavy atom. The molecule has 2 saturated heterocycles. The zero-order valence-corrected chi connectivity index (χ0v) is 22.4. The molecule has 1 atom stereocenters. The predicted octanol–water partition coefficient (Wildman–Crippen LogP) is 5.49. The van der Waals surface area contributed by atoms with Gasteiger partial charge in [-0.1, -0.05) is 12.1 Å². The van der Waals surface area contributed by atoms with Gasteiger partial charge in [0.15, 0.2) is 0 Å². The average molecular weight is 518 g/mol. The van der Waals surface area contributed by atoms with E-state index in [1.807, 2.05) is 31.7 Å². The third-order valence-corrected chi connectivity index (χ3v) is 7.36. The van der Waals surface area contributed by atoms with E-state index >= 15 is 0 Å². The second-order valence-electron chi connectivity index (χ2n) is 11.2. The topological polar surface area (TPSA) is 102 Å². The predicted molar refractivity (Wildman–Crippen MR) is 145 cm³/mol. The number of amides is 1. The minimum absolute atomic E-state index is 0.0435. The molecule has 0 radical (unpaired) electrons. The number of aromatic nitrogens is 2. The van der Waals surface area contributed by atoms with Crippen molar-refractivity contribution < 1.29 is 24.2 Å². The Morgan fingerprint density at radius 2 is 1.79 bits per heavy atom. The van der Waals surface area contributed by atoms with Crippen LogP contribution in [-0.2, 0) is 9.47 Å². The van der Waals surface area contributed by atoms with Gasteiger partial charge in [-0.3, -0.25) is 5.21 Å². The van der Waals surface area contributed by atoms with E-state index in [9.17, 15) is 10.0 Å². The van der Waals surface area contributed by atoms with Crippen molar-refractivity contribution in [3.8, 4) is 22.3 Å². The summed E-state index contributed by atoms with van der Waals surface area (Å²) in [6.07, 6.45) is 8.44. The van der Waals surface area contributed by atoms with Crippen molar-refractivity contribution in [3.05, 3.63) is 66.1 Å². The van der Waals surface area contributed by atoms with Crippen LogP contribution in [0, 0.1) is 0 Å². The Balaban J connectivity index is 1.55. The third kappa shape index (κ3) is 5.60. The Hall–Kier alpha value is -3.65. The van der Waals surface area contributed by atoms with Gasteiger partial charge in [-0.25, -0.2) is 9.78 Å². The minimum atomic E-state index is -0.547. The molecule has 2 fully saturated rings. The highest BCUT2D eigenvalue weighted by molar-refractivity contribution is 5.79. The van der Waals surface area contributed by atoms with Gasteiger partial charge in [0.2, 0.25) is 12.4 Å². The molecule has 2 aromatic heterocycles. The molecule has 0 aliphatic carbocycles. The van der Waals surface area contributed by atoms with Crippen LogP contribution in [0.4, 0.5) is 10.6 Å². The van der Waals surface area contributed by atoms with E-state index in [1.54, 1.807) is 30.7 Å². The van der Waals surface area contributed by atoms with E-state index in [0.29, 0.717) is 18.3 Å². The van der Waals surface area contributed by atoms with E-state index in [2.05, 4.69) is 23.2 Å². The van der Waals surface area contributed by atoms with Crippen molar-refractivity contribution in [3.63, 3.8) is 0 Å². The normalized spacial score (nSPS) is 18.5. The maximum absolute atomic E-state index is 13.2. The molecule has 0 unspecified atom stereocenters. The van der Waals surface area contributed by atoms with Gasteiger partial charge in [-0.05, 0) is 86.8 Å². The SMILES string of the molecule is CC(C)(C)OC(=O)N1CCC[C@H]1c1cc(-c2cnc(N)c(-c3cc[n+](O)cc3)c2)ccc1C1CCOCC1. The molecule has 0 saturated carbocycles. The van der Waals surface area contributed by atoms with E-state index in [-0.39, 0.29) is 12.1 Å². The average Bonchev–Trinajstić information content (AvgIpc) is 3.39. The third-order valence-electron chi connectivity index (χ3n) is 7.36. The smallest absolute Gasteiger partial charge is 0.410 e. The molecule has 3 aromatic rings. The Kier molecular flexibility index (Phi) is 7.25. The zero-order valence-electron chi connectivity index (χ0n) is 22.4. The molecular formula is C30H37N4O4+. The number of hydrogen-bond donors (Lipinski definition) is 2. The molecule has 3 N–H and O–H groups in total. The Bertz CT molecular complexity index is 1300. The number of carbonyl (C=O) groups is 1. The summed E-state index contributed by atoms with van der Waals surface area (Å²) in [4.78, 5) is 19.6. The summed E-state index contributed by atoms with van der Waals surface area (Å²) in [5.41, 5.74) is 11.8. The minimum Gasteiger partial charge on any atom is -0.444 e. The lowest BCUT2D eigenvalue weighted by Crippen LogP contribution is -2.36. The summed E-state index contributed by atoms with van der Waals surface area (Å²) in [5, 5.41) is 9.62. The number of carbonyl (C=O) groups excluding carboxylic acids is 1. The molecule has 1 aromatic carbocycles. The number of anilines is 1. The van der Waals surface area contributed by atoms with Crippen LogP contribution in [0.2, 0.25) is 0 Å². The van der Waals surface area contributed by atoms with Crippen LogP contribution in [0.25, 0.3) is 22.3 Å². The maximum Gasteiger partial charge on any atom is 0.410 e. The molecule has 4 heterocycles. The largest absolute Gasteiger partial charge is 0.444 e. The molecule has 200 valence electrons. The van der Waals surface area contributed by atoms with Gasteiger partial charge >= 0.3 is 6.09 Å². The summed E-state index contributed by atoms with van der Waals surface area (Å²) in [6, 6.07) is 12.2. The lowest BCUT2D eigenvalue weighted by Gasteiger charge is -2.32. The van der Waals surface area contributed by atoms with Crippen molar-refractivity contribution in [2.75, 3.05) is 25.5 Å². The molecule has 1 amide bonds. The van der Waals surface area contributed by atoms with Crippen molar-refractivity contribution in [1.82, 2.24) is 9.88 Å². The molecule has 2 aliphatic heterocycles. The number of nitrogens with zero attached hydrogens (tertiary/aromatic N) is 3. The first kappa shape index (κ1) is 26.0. The second-order valence-corrected chi connectivity index (χ2v) is 11.2. The number of rotatable bonds is 4. The lowest BCUT2D eigenvalue weighted by molar-refractivity contribution is -0.904. The first-order valence-electron chi connectivity index (χ1n) is 13.4. The first-order valence-corrected chi connectivity index (χ1v) is 13.4. The second kappa shape index (κ2) is 10.6. The number of nitrogen functional groups attached to an aromatic ring is 1. The number of hydrogen-bond acceptors (Lipinski definition) is 6. The number of nitrogens with two attached hydrogens (primary N) is 1. The van der Waals surface area contributed by atoms with Crippen LogP contribution < -0.4 is 10.5 Å². The molecular weight excluding hydrogens is 480 g/mol. The highest BCUT2D eigenvalue weighted by Crippen LogP contribution is 2.42. The van der Waals surface area contributed by atoms with Crippen LogP contribution in [0.1, 0.15) is 69.5 Å². The standard InChI is InChI=1S/C30H36N4O4/c1-30(2,3)38-29(35)34-12-4-5-27(34)26-17-22(6-7-24(26)21-10-15-37-16-11-21)23-18-25(28(31)32-19-23)20-8-13-33(36)14-9-20/h6-9,13-14,17-19,21,27,31,36H,4-5,10-12,15-16H2,1-3H3/p+1/t27-/m0/s1. The highest BCUT2D eigenvalue weighted by Gasteiger charge is 2.35. The van der Waals surface area contributed by atoms with Gasteiger partial charge in [-0.15, -0.1) is 0 Å². The van der Waals surface area contributed by atoms with Crippen molar-refractivity contribution in [1.29, 1.82) is 0 Å². The monoisotopic (exact) mass is 517 g/mol. The molecule has 8 nitrogen and oxygen atoms in total. The molecule has 0 spiro atoms. The van der Waals surface area contributed by atoms with E-state index in [0.717, 1.165) is 65.9 Å². The van der Waals surface area contributed by atoms with Crippen LogP contribution >= 0.6 is 0 Å². The quantitative estimate of drug-likeness (QED) is 0.351. The first-order chi connectivity index (χ1) is 18.2. The number of likely N-dealkylation sites (tertiary alicyclic amines) is 1. The fourth-order valence-electron chi connectivity index (χ4n) is 5.51.